The van der Waals surface area contributed by atoms with E-state index in [9.17, 15) is 9.36 Å². The van der Waals surface area contributed by atoms with Gasteiger partial charge in [0.2, 0.25) is 0 Å². The summed E-state index contributed by atoms with van der Waals surface area (Å²) < 4.78 is 30.9. The van der Waals surface area contributed by atoms with Crippen molar-refractivity contribution in [3.05, 3.63) is 0 Å². The summed E-state index contributed by atoms with van der Waals surface area (Å²) in [6, 6.07) is 0. The number of ether oxygens (including phenoxy) is 2. The predicted octanol–water partition coefficient (Wildman–Crippen LogP) is 2.43. The molecule has 0 spiro atoms. The zero-order chi connectivity index (χ0) is 12.4. The highest BCUT2D eigenvalue weighted by Crippen LogP contribution is 2.47. The summed E-state index contributed by atoms with van der Waals surface area (Å²) in [6.45, 7) is 5.73. The molecule has 0 aliphatic heterocycles. The lowest BCUT2D eigenvalue weighted by atomic mass is 10.8. The molecule has 0 radical (unpaired) electrons. The Morgan fingerprint density at radius 2 is 1.69 bits per heavy atom. The van der Waals surface area contributed by atoms with Crippen LogP contribution < -0.4 is 0 Å². The van der Waals surface area contributed by atoms with Crippen LogP contribution in [0.25, 0.3) is 0 Å². The van der Waals surface area contributed by atoms with Crippen molar-refractivity contribution in [3.8, 4) is 0 Å². The molecule has 0 saturated heterocycles. The molecule has 0 aromatic carbocycles. The SMILES string of the molecule is CCOC(=O)OCCOP(=O)(CC)OCC. The Bertz CT molecular complexity index is 242. The second-order valence-electron chi connectivity index (χ2n) is 2.71. The number of carbonyl (C=O) groups excluding carboxylic acids is 1. The van der Waals surface area contributed by atoms with Gasteiger partial charge < -0.3 is 18.5 Å². The highest BCUT2D eigenvalue weighted by Gasteiger charge is 2.20. The van der Waals surface area contributed by atoms with Crippen LogP contribution in [0.1, 0.15) is 20.8 Å². The Morgan fingerprint density at radius 1 is 1.00 bits per heavy atom. The molecule has 0 N–H and O–H groups in total. The van der Waals surface area contributed by atoms with E-state index in [0.717, 1.165) is 0 Å². The summed E-state index contributed by atoms with van der Waals surface area (Å²) in [5.74, 6) is 0. The number of hydrogen-bond donors (Lipinski definition) is 0. The first kappa shape index (κ1) is 15.4. The van der Waals surface area contributed by atoms with Crippen molar-refractivity contribution in [2.24, 2.45) is 0 Å². The van der Waals surface area contributed by atoms with Crippen molar-refractivity contribution in [2.75, 3.05) is 32.6 Å². The summed E-state index contributed by atoms with van der Waals surface area (Å²) in [7, 11) is -3.01. The van der Waals surface area contributed by atoms with Crippen LogP contribution in [0.3, 0.4) is 0 Å². The van der Waals surface area contributed by atoms with Crippen molar-refractivity contribution in [2.45, 2.75) is 20.8 Å². The number of carbonyl (C=O) groups is 1. The van der Waals surface area contributed by atoms with Crippen LogP contribution in [0, 0.1) is 0 Å². The van der Waals surface area contributed by atoms with Gasteiger partial charge in [0.25, 0.3) is 0 Å². The second-order valence-corrected chi connectivity index (χ2v) is 5.08. The van der Waals surface area contributed by atoms with Gasteiger partial charge in [0.05, 0.1) is 19.8 Å². The molecule has 0 aliphatic carbocycles. The molecule has 0 aliphatic rings. The molecule has 0 heterocycles. The zero-order valence-corrected chi connectivity index (χ0v) is 10.8. The maximum Gasteiger partial charge on any atom is 0.508 e. The maximum atomic E-state index is 11.7. The number of hydrogen-bond acceptors (Lipinski definition) is 6. The summed E-state index contributed by atoms with van der Waals surface area (Å²) in [6.07, 6.45) is -0.464. The Morgan fingerprint density at radius 3 is 2.19 bits per heavy atom. The van der Waals surface area contributed by atoms with E-state index in [4.69, 9.17) is 9.05 Å². The Labute approximate surface area is 95.7 Å². The van der Waals surface area contributed by atoms with Crippen LogP contribution in [-0.4, -0.2) is 38.7 Å². The van der Waals surface area contributed by atoms with Gasteiger partial charge in [-0.1, -0.05) is 6.92 Å². The van der Waals surface area contributed by atoms with Crippen molar-refractivity contribution < 1.29 is 27.9 Å². The fourth-order valence-electron chi connectivity index (χ4n) is 0.877. The van der Waals surface area contributed by atoms with E-state index in [1.165, 1.54) is 0 Å². The molecule has 1 atom stereocenters. The molecular formula is C9H19O6P. The monoisotopic (exact) mass is 254 g/mol. The standard InChI is InChI=1S/C9H19O6P/c1-4-12-9(10)13-7-8-15-16(11,6-3)14-5-2/h4-8H2,1-3H3. The molecule has 0 fully saturated rings. The largest absolute Gasteiger partial charge is 0.508 e. The highest BCUT2D eigenvalue weighted by molar-refractivity contribution is 7.53. The lowest BCUT2D eigenvalue weighted by molar-refractivity contribution is 0.0472. The van der Waals surface area contributed by atoms with E-state index in [-0.39, 0.29) is 19.8 Å². The van der Waals surface area contributed by atoms with E-state index >= 15 is 0 Å². The topological polar surface area (TPSA) is 71.1 Å². The van der Waals surface area contributed by atoms with E-state index in [1.807, 2.05) is 0 Å². The fraction of sp³-hybridized carbons (Fsp3) is 0.889. The molecule has 16 heavy (non-hydrogen) atoms. The average molecular weight is 254 g/mol. The maximum absolute atomic E-state index is 11.7. The molecule has 0 amide bonds. The van der Waals surface area contributed by atoms with E-state index in [0.29, 0.717) is 12.8 Å². The van der Waals surface area contributed by atoms with Gasteiger partial charge in [0.15, 0.2) is 0 Å². The van der Waals surface area contributed by atoms with Crippen molar-refractivity contribution in [1.29, 1.82) is 0 Å². The zero-order valence-electron chi connectivity index (χ0n) is 9.93. The third kappa shape index (κ3) is 6.82. The first-order valence-electron chi connectivity index (χ1n) is 5.25. The summed E-state index contributed by atoms with van der Waals surface area (Å²) >= 11 is 0. The van der Waals surface area contributed by atoms with Crippen LogP contribution >= 0.6 is 7.60 Å². The van der Waals surface area contributed by atoms with Crippen LogP contribution in [-0.2, 0) is 23.1 Å². The first-order chi connectivity index (χ1) is 7.58. The summed E-state index contributed by atoms with van der Waals surface area (Å²) in [4.78, 5) is 10.8. The highest BCUT2D eigenvalue weighted by atomic mass is 31.2. The molecule has 1 unspecified atom stereocenters. The minimum Gasteiger partial charge on any atom is -0.435 e. The molecule has 0 rings (SSSR count). The first-order valence-corrected chi connectivity index (χ1v) is 6.98. The molecular weight excluding hydrogens is 235 g/mol. The minimum absolute atomic E-state index is 0.00407. The van der Waals surface area contributed by atoms with Gasteiger partial charge in [-0.3, -0.25) is 4.57 Å². The van der Waals surface area contributed by atoms with Crippen LogP contribution in [0.15, 0.2) is 0 Å². The van der Waals surface area contributed by atoms with Gasteiger partial charge in [0, 0.05) is 6.16 Å². The quantitative estimate of drug-likeness (QED) is 0.376. The summed E-state index contributed by atoms with van der Waals surface area (Å²) in [5, 5.41) is 0. The second kappa shape index (κ2) is 8.56. The van der Waals surface area contributed by atoms with Crippen LogP contribution in [0.5, 0.6) is 0 Å². The smallest absolute Gasteiger partial charge is 0.435 e. The molecule has 0 aromatic rings. The third-order valence-corrected chi connectivity index (χ3v) is 3.57. The lowest BCUT2D eigenvalue weighted by Gasteiger charge is -2.15. The Kier molecular flexibility index (Phi) is 8.25. The van der Waals surface area contributed by atoms with Crippen LogP contribution in [0.4, 0.5) is 4.79 Å². The normalized spacial score (nSPS) is 14.2. The van der Waals surface area contributed by atoms with Gasteiger partial charge >= 0.3 is 13.8 Å². The third-order valence-electron chi connectivity index (χ3n) is 1.57. The molecule has 0 saturated carbocycles. The molecule has 7 heteroatoms. The molecule has 0 bridgehead atoms. The van der Waals surface area contributed by atoms with Gasteiger partial charge in [-0.25, -0.2) is 4.79 Å². The molecule has 6 nitrogen and oxygen atoms in total. The Balaban J connectivity index is 3.71. The van der Waals surface area contributed by atoms with Crippen LogP contribution in [0.2, 0.25) is 0 Å². The van der Waals surface area contributed by atoms with E-state index < -0.39 is 13.8 Å². The molecule has 96 valence electrons. The number of rotatable bonds is 8. The van der Waals surface area contributed by atoms with Gasteiger partial charge in [-0.15, -0.1) is 0 Å². The lowest BCUT2D eigenvalue weighted by Crippen LogP contribution is -2.12. The Hall–Kier alpha value is -0.580. The van der Waals surface area contributed by atoms with Gasteiger partial charge in [-0.05, 0) is 13.8 Å². The van der Waals surface area contributed by atoms with Gasteiger partial charge in [-0.2, -0.15) is 0 Å². The van der Waals surface area contributed by atoms with Crippen molar-refractivity contribution >= 4 is 13.8 Å². The van der Waals surface area contributed by atoms with E-state index in [2.05, 4.69) is 9.47 Å². The predicted molar refractivity (Wildman–Crippen MR) is 58.7 cm³/mol. The fourth-order valence-corrected chi connectivity index (χ4v) is 2.06. The molecule has 0 aromatic heterocycles. The average Bonchev–Trinajstić information content (AvgIpc) is 2.25. The van der Waals surface area contributed by atoms with E-state index in [1.54, 1.807) is 20.8 Å². The van der Waals surface area contributed by atoms with Crippen molar-refractivity contribution in [3.63, 3.8) is 0 Å². The van der Waals surface area contributed by atoms with Crippen molar-refractivity contribution in [1.82, 2.24) is 0 Å². The summed E-state index contributed by atoms with van der Waals surface area (Å²) in [5.41, 5.74) is 0. The van der Waals surface area contributed by atoms with Gasteiger partial charge in [0.1, 0.15) is 6.61 Å². The minimum atomic E-state index is -3.01.